The highest BCUT2D eigenvalue weighted by Gasteiger charge is 2.38. The number of thiophene rings is 1. The van der Waals surface area contributed by atoms with E-state index in [1.54, 1.807) is 0 Å². The van der Waals surface area contributed by atoms with Gasteiger partial charge in [0.05, 0.1) is 13.2 Å². The van der Waals surface area contributed by atoms with Crippen LogP contribution in [-0.4, -0.2) is 37.0 Å². The number of rotatable bonds is 5. The quantitative estimate of drug-likeness (QED) is 0.787. The predicted molar refractivity (Wildman–Crippen MR) is 83.7 cm³/mol. The molecule has 0 saturated carbocycles. The Hall–Kier alpha value is -1.36. The molecule has 0 aromatic carbocycles. The van der Waals surface area contributed by atoms with Gasteiger partial charge in [-0.15, -0.1) is 11.3 Å². The van der Waals surface area contributed by atoms with Crippen LogP contribution in [0.5, 0.6) is 0 Å². The minimum atomic E-state index is -3.48. The second-order valence-corrected chi connectivity index (χ2v) is 8.56. The average Bonchev–Trinajstić information content (AvgIpc) is 2.82. The molecule has 7 heteroatoms. The predicted octanol–water partition coefficient (Wildman–Crippen LogP) is 0.921. The smallest absolute Gasteiger partial charge is 0.241 e. The van der Waals surface area contributed by atoms with Crippen LogP contribution in [-0.2, 0) is 21.2 Å². The second-order valence-electron chi connectivity index (χ2n) is 5.00. The second kappa shape index (κ2) is 7.07. The first kappa shape index (κ1) is 17.7. The van der Waals surface area contributed by atoms with E-state index in [0.717, 1.165) is 16.7 Å². The molecule has 0 atom stereocenters. The Kier molecular flexibility index (Phi) is 5.96. The number of aliphatic hydroxyl groups is 1. The molecule has 0 bridgehead atoms. The third kappa shape index (κ3) is 4.56. The largest absolute Gasteiger partial charge is 0.395 e. The van der Waals surface area contributed by atoms with Gasteiger partial charge in [0, 0.05) is 23.1 Å². The molecule has 0 saturated heterocycles. The molecule has 0 aliphatic heterocycles. The average molecular weight is 329 g/mol. The lowest BCUT2D eigenvalue weighted by Gasteiger charge is -2.21. The van der Waals surface area contributed by atoms with E-state index in [0.29, 0.717) is 6.42 Å². The summed E-state index contributed by atoms with van der Waals surface area (Å²) in [5.74, 6) is 5.20. The first-order chi connectivity index (χ1) is 9.70. The summed E-state index contributed by atoms with van der Waals surface area (Å²) in [6.07, 6.45) is 1.44. The number of hydrogen-bond donors (Lipinski definition) is 2. The highest BCUT2D eigenvalue weighted by Crippen LogP contribution is 2.18. The zero-order valence-corrected chi connectivity index (χ0v) is 13.9. The lowest BCUT2D eigenvalue weighted by atomic mass is 10.2. The van der Waals surface area contributed by atoms with Gasteiger partial charge >= 0.3 is 0 Å². The molecule has 2 N–H and O–H groups in total. The molecule has 0 aliphatic carbocycles. The molecule has 0 aliphatic rings. The first-order valence-corrected chi connectivity index (χ1v) is 9.11. The number of aliphatic hydroxyl groups excluding tert-OH is 1. The topological polar surface area (TPSA) is 83.5 Å². The van der Waals surface area contributed by atoms with Crippen molar-refractivity contribution in [1.82, 2.24) is 5.32 Å². The molecule has 0 unspecified atom stereocenters. The summed E-state index contributed by atoms with van der Waals surface area (Å²) in [4.78, 5) is 12.9. The minimum Gasteiger partial charge on any atom is -0.395 e. The Labute approximate surface area is 129 Å². The number of sulfone groups is 1. The van der Waals surface area contributed by atoms with Crippen molar-refractivity contribution >= 4 is 27.1 Å². The van der Waals surface area contributed by atoms with Crippen LogP contribution in [0.4, 0.5) is 0 Å². The van der Waals surface area contributed by atoms with Gasteiger partial charge in [0.15, 0.2) is 9.84 Å². The third-order valence-electron chi connectivity index (χ3n) is 3.09. The van der Waals surface area contributed by atoms with E-state index in [9.17, 15) is 13.2 Å². The van der Waals surface area contributed by atoms with Crippen molar-refractivity contribution in [1.29, 1.82) is 0 Å². The highest BCUT2D eigenvalue weighted by molar-refractivity contribution is 7.92. The van der Waals surface area contributed by atoms with Crippen LogP contribution in [0.2, 0.25) is 0 Å². The van der Waals surface area contributed by atoms with E-state index < -0.39 is 20.5 Å². The molecule has 1 aromatic heterocycles. The van der Waals surface area contributed by atoms with Gasteiger partial charge in [-0.2, -0.15) is 0 Å². The maximum absolute atomic E-state index is 12.0. The molecule has 1 aromatic rings. The zero-order valence-electron chi connectivity index (χ0n) is 12.3. The van der Waals surface area contributed by atoms with Crippen LogP contribution >= 0.6 is 11.3 Å². The molecule has 5 nitrogen and oxygen atoms in total. The van der Waals surface area contributed by atoms with E-state index in [1.165, 1.54) is 25.2 Å². The molecule has 1 amide bonds. The van der Waals surface area contributed by atoms with Gasteiger partial charge in [-0.05, 0) is 25.3 Å². The Morgan fingerprint density at radius 2 is 2.14 bits per heavy atom. The molecule has 1 heterocycles. The van der Waals surface area contributed by atoms with E-state index >= 15 is 0 Å². The van der Waals surface area contributed by atoms with Crippen LogP contribution in [0.3, 0.4) is 0 Å². The van der Waals surface area contributed by atoms with Crippen molar-refractivity contribution < 1.29 is 18.3 Å². The lowest BCUT2D eigenvalue weighted by Crippen LogP contribution is -2.47. The Morgan fingerprint density at radius 1 is 1.48 bits per heavy atom. The van der Waals surface area contributed by atoms with Gasteiger partial charge in [-0.1, -0.05) is 11.8 Å². The number of carbonyl (C=O) groups is 1. The van der Waals surface area contributed by atoms with Gasteiger partial charge in [0.1, 0.15) is 4.75 Å². The maximum Gasteiger partial charge on any atom is 0.241 e. The molecule has 116 valence electrons. The number of amides is 1. The van der Waals surface area contributed by atoms with Gasteiger partial charge in [-0.25, -0.2) is 8.42 Å². The number of nitrogens with one attached hydrogen (secondary N) is 1. The minimum absolute atomic E-state index is 0.00571. The van der Waals surface area contributed by atoms with Crippen molar-refractivity contribution in [2.24, 2.45) is 0 Å². The summed E-state index contributed by atoms with van der Waals surface area (Å²) < 4.78 is 21.7. The summed E-state index contributed by atoms with van der Waals surface area (Å²) >= 11 is 1.44. The molecule has 0 spiro atoms. The third-order valence-corrected chi connectivity index (χ3v) is 6.05. The van der Waals surface area contributed by atoms with Crippen LogP contribution in [0, 0.1) is 11.8 Å². The normalized spacial score (nSPS) is 11.6. The van der Waals surface area contributed by atoms with Crippen LogP contribution in [0.15, 0.2) is 11.4 Å². The van der Waals surface area contributed by atoms with E-state index in [-0.39, 0.29) is 13.2 Å². The van der Waals surface area contributed by atoms with Crippen molar-refractivity contribution in [3.8, 4) is 11.8 Å². The summed E-state index contributed by atoms with van der Waals surface area (Å²) in [5.41, 5.74) is 0.783. The first-order valence-electron chi connectivity index (χ1n) is 6.34. The van der Waals surface area contributed by atoms with Gasteiger partial charge in [0.25, 0.3) is 0 Å². The van der Waals surface area contributed by atoms with Crippen LogP contribution < -0.4 is 5.32 Å². The Bertz CT molecular complexity index is 663. The van der Waals surface area contributed by atoms with E-state index in [4.69, 9.17) is 5.11 Å². The summed E-state index contributed by atoms with van der Waals surface area (Å²) in [6, 6.07) is 1.83. The Morgan fingerprint density at radius 3 is 2.71 bits per heavy atom. The fourth-order valence-electron chi connectivity index (χ4n) is 1.34. The van der Waals surface area contributed by atoms with Crippen LogP contribution in [0.1, 0.15) is 30.7 Å². The molecular formula is C14H19NO4S2. The van der Waals surface area contributed by atoms with Crippen molar-refractivity contribution in [3.63, 3.8) is 0 Å². The molecule has 1 rings (SSSR count). The molecule has 0 fully saturated rings. The molecular weight excluding hydrogens is 310 g/mol. The van der Waals surface area contributed by atoms with Crippen LogP contribution in [0.25, 0.3) is 0 Å². The van der Waals surface area contributed by atoms with Crippen molar-refractivity contribution in [2.45, 2.75) is 31.6 Å². The van der Waals surface area contributed by atoms with Crippen molar-refractivity contribution in [2.75, 3.05) is 12.9 Å². The molecule has 21 heavy (non-hydrogen) atoms. The number of hydrogen-bond acceptors (Lipinski definition) is 5. The molecule has 0 radical (unpaired) electrons. The summed E-state index contributed by atoms with van der Waals surface area (Å²) in [6.45, 7) is 3.01. The fourth-order valence-corrected chi connectivity index (χ4v) is 2.52. The standard InChI is InChI=1S/C14H19NO4S2/c1-14(2,21(3,18)19)13(17)15-10-12-11(7-9-20-12)6-4-5-8-16/h7,9,16H,5,8,10H2,1-3H3,(H,15,17). The fraction of sp³-hybridized carbons (Fsp3) is 0.500. The lowest BCUT2D eigenvalue weighted by molar-refractivity contribution is -0.123. The monoisotopic (exact) mass is 329 g/mol. The zero-order chi connectivity index (χ0) is 16.1. The van der Waals surface area contributed by atoms with Gasteiger partial charge < -0.3 is 10.4 Å². The van der Waals surface area contributed by atoms with Gasteiger partial charge in [0.2, 0.25) is 5.91 Å². The highest BCUT2D eigenvalue weighted by atomic mass is 32.2. The van der Waals surface area contributed by atoms with Crippen molar-refractivity contribution in [3.05, 3.63) is 21.9 Å². The summed E-state index contributed by atoms with van der Waals surface area (Å²) in [7, 11) is -3.48. The van der Waals surface area contributed by atoms with E-state index in [1.807, 2.05) is 11.4 Å². The SMILES string of the molecule is CC(C)(C(=O)NCc1sccc1C#CCCO)S(C)(=O)=O. The summed E-state index contributed by atoms with van der Waals surface area (Å²) in [5, 5.41) is 13.2. The van der Waals surface area contributed by atoms with E-state index in [2.05, 4.69) is 17.2 Å². The maximum atomic E-state index is 12.0. The number of carbonyl (C=O) groups excluding carboxylic acids is 1. The Balaban J connectivity index is 2.76. The van der Waals surface area contributed by atoms with Gasteiger partial charge in [-0.3, -0.25) is 4.79 Å².